The first-order valence-electron chi connectivity index (χ1n) is 7.13. The number of para-hydroxylation sites is 1. The Balaban J connectivity index is 2.02. The number of nitrogens with zero attached hydrogens (tertiary/aromatic N) is 2. The number of hydrogen-bond donors (Lipinski definition) is 0. The van der Waals surface area contributed by atoms with Gasteiger partial charge in [-0.05, 0) is 25.0 Å². The second kappa shape index (κ2) is 5.67. The van der Waals surface area contributed by atoms with Crippen molar-refractivity contribution in [1.82, 2.24) is 9.78 Å². The summed E-state index contributed by atoms with van der Waals surface area (Å²) in [4.78, 5) is 12.6. The lowest BCUT2D eigenvalue weighted by atomic mass is 9.90. The quantitative estimate of drug-likeness (QED) is 0.817. The molecule has 1 heterocycles. The van der Waals surface area contributed by atoms with Crippen molar-refractivity contribution in [1.29, 1.82) is 0 Å². The van der Waals surface area contributed by atoms with Gasteiger partial charge in [-0.1, -0.05) is 12.1 Å². The predicted molar refractivity (Wildman–Crippen MR) is 83.4 cm³/mol. The fourth-order valence-corrected chi connectivity index (χ4v) is 2.84. The van der Waals surface area contributed by atoms with Crippen LogP contribution in [0, 0.1) is 0 Å². The van der Waals surface area contributed by atoms with E-state index >= 15 is 0 Å². The summed E-state index contributed by atoms with van der Waals surface area (Å²) in [5.74, 6) is 1.34. The van der Waals surface area contributed by atoms with Crippen LogP contribution in [0.2, 0.25) is 0 Å². The summed E-state index contributed by atoms with van der Waals surface area (Å²) in [7, 11) is 5.07. The zero-order valence-electron chi connectivity index (χ0n) is 12.9. The van der Waals surface area contributed by atoms with Gasteiger partial charge in [-0.2, -0.15) is 5.10 Å². The molecule has 0 amide bonds. The highest BCUT2D eigenvalue weighted by Crippen LogP contribution is 2.34. The minimum absolute atomic E-state index is 0.0409. The Morgan fingerprint density at radius 1 is 1.23 bits per heavy atom. The van der Waals surface area contributed by atoms with Gasteiger partial charge in [-0.3, -0.25) is 9.48 Å². The molecule has 1 aromatic carbocycles. The van der Waals surface area contributed by atoms with Crippen molar-refractivity contribution in [3.05, 3.63) is 46.8 Å². The molecule has 0 bridgehead atoms. The fraction of sp³-hybridized carbons (Fsp3) is 0.294. The number of Topliss-reactive ketones (excluding diaryl/α,β-unsaturated/α-hetero) is 1. The number of carbonyl (C=O) groups excluding carboxylic acids is 1. The molecule has 0 fully saturated rings. The average molecular weight is 298 g/mol. The topological polar surface area (TPSA) is 53.4 Å². The summed E-state index contributed by atoms with van der Waals surface area (Å²) in [6.07, 6.45) is 5.05. The highest BCUT2D eigenvalue weighted by molar-refractivity contribution is 6.13. The maximum absolute atomic E-state index is 12.6. The maximum atomic E-state index is 12.6. The molecule has 5 heteroatoms. The molecule has 0 unspecified atom stereocenters. The van der Waals surface area contributed by atoms with Gasteiger partial charge in [0.05, 0.1) is 26.0 Å². The molecule has 0 radical (unpaired) electrons. The normalized spacial score (nSPS) is 15.8. The molecule has 0 spiro atoms. The zero-order valence-corrected chi connectivity index (χ0v) is 12.9. The second-order valence-corrected chi connectivity index (χ2v) is 5.21. The molecule has 2 aromatic rings. The van der Waals surface area contributed by atoms with Crippen LogP contribution in [-0.4, -0.2) is 29.8 Å². The number of hydrogen-bond acceptors (Lipinski definition) is 4. The Bertz CT molecular complexity index is 759. The van der Waals surface area contributed by atoms with E-state index in [-0.39, 0.29) is 5.78 Å². The van der Waals surface area contributed by atoms with Gasteiger partial charge >= 0.3 is 0 Å². The summed E-state index contributed by atoms with van der Waals surface area (Å²) in [5.41, 5.74) is 3.31. The molecular formula is C17H18N2O3. The van der Waals surface area contributed by atoms with Crippen LogP contribution in [0.1, 0.15) is 28.0 Å². The molecular weight excluding hydrogens is 280 g/mol. The predicted octanol–water partition coefficient (Wildman–Crippen LogP) is 2.65. The number of rotatable bonds is 3. The van der Waals surface area contributed by atoms with Crippen LogP contribution in [-0.2, 0) is 13.5 Å². The molecule has 1 aliphatic rings. The lowest BCUT2D eigenvalue weighted by Gasteiger charge is -2.16. The van der Waals surface area contributed by atoms with Gasteiger partial charge in [-0.25, -0.2) is 0 Å². The number of ether oxygens (including phenoxy) is 2. The number of ketones is 1. The lowest BCUT2D eigenvalue weighted by Crippen LogP contribution is -2.15. The number of benzene rings is 1. The lowest BCUT2D eigenvalue weighted by molar-refractivity contribution is 0.102. The van der Waals surface area contributed by atoms with E-state index in [1.54, 1.807) is 25.1 Å². The van der Waals surface area contributed by atoms with Crippen molar-refractivity contribution in [2.24, 2.45) is 7.05 Å². The van der Waals surface area contributed by atoms with Crippen LogP contribution in [0.15, 0.2) is 30.0 Å². The van der Waals surface area contributed by atoms with Crippen LogP contribution in [0.5, 0.6) is 11.5 Å². The highest BCUT2D eigenvalue weighted by atomic mass is 16.5. The second-order valence-electron chi connectivity index (χ2n) is 5.21. The molecule has 22 heavy (non-hydrogen) atoms. The van der Waals surface area contributed by atoms with Gasteiger partial charge in [0.25, 0.3) is 0 Å². The van der Waals surface area contributed by atoms with Gasteiger partial charge in [0.15, 0.2) is 17.3 Å². The van der Waals surface area contributed by atoms with E-state index in [0.29, 0.717) is 23.5 Å². The molecule has 0 N–H and O–H groups in total. The Kier molecular flexibility index (Phi) is 3.71. The number of aromatic nitrogens is 2. The maximum Gasteiger partial charge on any atom is 0.192 e. The molecule has 114 valence electrons. The van der Waals surface area contributed by atoms with Crippen molar-refractivity contribution < 1.29 is 14.3 Å². The average Bonchev–Trinajstić information content (AvgIpc) is 2.91. The third-order valence-electron chi connectivity index (χ3n) is 3.99. The van der Waals surface area contributed by atoms with Crippen molar-refractivity contribution in [3.8, 4) is 11.5 Å². The molecule has 0 saturated heterocycles. The number of fused-ring (bicyclic) bond motifs is 1. The van der Waals surface area contributed by atoms with Crippen molar-refractivity contribution in [2.75, 3.05) is 14.2 Å². The molecule has 5 nitrogen and oxygen atoms in total. The summed E-state index contributed by atoms with van der Waals surface area (Å²) in [6.45, 7) is 0. The fourth-order valence-electron chi connectivity index (χ4n) is 2.84. The molecule has 0 aliphatic heterocycles. The third kappa shape index (κ3) is 2.28. The standard InChI is InChI=1S/C17H18N2O3/c1-19-14-8-7-11(16(20)13(14)10-18-19)9-12-5-4-6-15(21-2)17(12)22-3/h4-6,9-10H,7-8H2,1-3H3/b11-9+. The summed E-state index contributed by atoms with van der Waals surface area (Å²) < 4.78 is 12.5. The Morgan fingerprint density at radius 3 is 2.77 bits per heavy atom. The first-order valence-corrected chi connectivity index (χ1v) is 7.13. The Labute approximate surface area is 129 Å². The summed E-state index contributed by atoms with van der Waals surface area (Å²) in [5, 5.41) is 4.18. The minimum atomic E-state index is 0.0409. The molecule has 3 rings (SSSR count). The summed E-state index contributed by atoms with van der Waals surface area (Å²) >= 11 is 0. The SMILES string of the molecule is COc1cccc(/C=C2\CCc3c(cnn3C)C2=O)c1OC. The van der Waals surface area contributed by atoms with Crippen LogP contribution in [0.25, 0.3) is 6.08 Å². The van der Waals surface area contributed by atoms with E-state index in [4.69, 9.17) is 9.47 Å². The number of carbonyl (C=O) groups is 1. The van der Waals surface area contributed by atoms with Crippen LogP contribution >= 0.6 is 0 Å². The summed E-state index contributed by atoms with van der Waals surface area (Å²) in [6, 6.07) is 5.64. The van der Waals surface area contributed by atoms with Crippen molar-refractivity contribution in [2.45, 2.75) is 12.8 Å². The van der Waals surface area contributed by atoms with Gasteiger partial charge in [0, 0.05) is 23.9 Å². The molecule has 0 atom stereocenters. The third-order valence-corrected chi connectivity index (χ3v) is 3.99. The first kappa shape index (κ1) is 14.4. The zero-order chi connectivity index (χ0) is 15.7. The van der Waals surface area contributed by atoms with Gasteiger partial charge in [0.1, 0.15) is 0 Å². The monoisotopic (exact) mass is 298 g/mol. The van der Waals surface area contributed by atoms with E-state index in [1.165, 1.54) is 0 Å². The van der Waals surface area contributed by atoms with Gasteiger partial charge in [0.2, 0.25) is 0 Å². The van der Waals surface area contributed by atoms with Gasteiger partial charge < -0.3 is 9.47 Å². The van der Waals surface area contributed by atoms with Crippen LogP contribution < -0.4 is 9.47 Å². The van der Waals surface area contributed by atoms with E-state index in [0.717, 1.165) is 23.3 Å². The van der Waals surface area contributed by atoms with Crippen molar-refractivity contribution in [3.63, 3.8) is 0 Å². The number of allylic oxidation sites excluding steroid dienone is 1. The molecule has 1 aliphatic carbocycles. The first-order chi connectivity index (χ1) is 10.7. The van der Waals surface area contributed by atoms with Crippen LogP contribution in [0.3, 0.4) is 0 Å². The van der Waals surface area contributed by atoms with E-state index in [9.17, 15) is 4.79 Å². The highest BCUT2D eigenvalue weighted by Gasteiger charge is 2.25. The van der Waals surface area contributed by atoms with Gasteiger partial charge in [-0.15, -0.1) is 0 Å². The van der Waals surface area contributed by atoms with Crippen LogP contribution in [0.4, 0.5) is 0 Å². The number of aryl methyl sites for hydroxylation is 1. The smallest absolute Gasteiger partial charge is 0.192 e. The molecule has 1 aromatic heterocycles. The van der Waals surface area contributed by atoms with E-state index in [2.05, 4.69) is 5.10 Å². The largest absolute Gasteiger partial charge is 0.493 e. The minimum Gasteiger partial charge on any atom is -0.493 e. The Hall–Kier alpha value is -2.56. The number of methoxy groups -OCH3 is 2. The van der Waals surface area contributed by atoms with Crippen molar-refractivity contribution >= 4 is 11.9 Å². The van der Waals surface area contributed by atoms with E-state index in [1.807, 2.05) is 31.3 Å². The van der Waals surface area contributed by atoms with E-state index < -0.39 is 0 Å². The molecule has 0 saturated carbocycles. The Morgan fingerprint density at radius 2 is 2.05 bits per heavy atom.